The van der Waals surface area contributed by atoms with Gasteiger partial charge in [0.25, 0.3) is 0 Å². The summed E-state index contributed by atoms with van der Waals surface area (Å²) < 4.78 is 22.3. The van der Waals surface area contributed by atoms with Crippen LogP contribution in [0, 0.1) is 0 Å². The molecule has 150 valence electrons. The molecule has 0 N–H and O–H groups in total. The number of amides is 1. The summed E-state index contributed by atoms with van der Waals surface area (Å²) in [6, 6.07) is 13.1. The largest absolute Gasteiger partial charge is 0.493 e. The van der Waals surface area contributed by atoms with E-state index < -0.39 is 0 Å². The number of nitrogens with zero attached hydrogens (tertiary/aromatic N) is 2. The summed E-state index contributed by atoms with van der Waals surface area (Å²) in [4.78, 5) is 12.3. The average molecular weight is 394 g/mol. The van der Waals surface area contributed by atoms with E-state index in [9.17, 15) is 4.79 Å². The van der Waals surface area contributed by atoms with Gasteiger partial charge < -0.3 is 18.6 Å². The lowest BCUT2D eigenvalue weighted by atomic mass is 9.99. The van der Waals surface area contributed by atoms with Gasteiger partial charge in [-0.05, 0) is 29.8 Å². The van der Waals surface area contributed by atoms with Crippen LogP contribution in [0.25, 0.3) is 11.0 Å². The fraction of sp³-hybridized carbons (Fsp3) is 0.273. The number of fused-ring (bicyclic) bond motifs is 1. The number of furan rings is 1. The van der Waals surface area contributed by atoms with Crippen LogP contribution in [-0.2, 0) is 4.79 Å². The Hall–Kier alpha value is -3.48. The molecule has 0 aliphatic carbocycles. The summed E-state index contributed by atoms with van der Waals surface area (Å²) in [5.74, 6) is 2.07. The zero-order chi connectivity index (χ0) is 20.5. The van der Waals surface area contributed by atoms with E-state index >= 15 is 0 Å². The molecule has 1 aliphatic heterocycles. The summed E-state index contributed by atoms with van der Waals surface area (Å²) in [6.45, 7) is 1.50. The van der Waals surface area contributed by atoms with E-state index in [2.05, 4.69) is 5.10 Å². The van der Waals surface area contributed by atoms with Crippen molar-refractivity contribution in [3.05, 3.63) is 53.8 Å². The average Bonchev–Trinajstić information content (AvgIpc) is 3.37. The van der Waals surface area contributed by atoms with Gasteiger partial charge >= 0.3 is 0 Å². The van der Waals surface area contributed by atoms with E-state index in [1.807, 2.05) is 42.5 Å². The van der Waals surface area contributed by atoms with Gasteiger partial charge in [-0.25, -0.2) is 5.01 Å². The van der Waals surface area contributed by atoms with Crippen LogP contribution in [0.4, 0.5) is 0 Å². The van der Waals surface area contributed by atoms with Gasteiger partial charge in [-0.15, -0.1) is 0 Å². The number of hydrogen-bond acceptors (Lipinski definition) is 6. The Balaban J connectivity index is 1.74. The molecule has 7 heteroatoms. The number of rotatable bonds is 5. The van der Waals surface area contributed by atoms with E-state index in [-0.39, 0.29) is 11.9 Å². The third kappa shape index (κ3) is 3.29. The van der Waals surface area contributed by atoms with Crippen molar-refractivity contribution in [2.75, 3.05) is 21.3 Å². The Morgan fingerprint density at radius 1 is 1.07 bits per heavy atom. The van der Waals surface area contributed by atoms with Crippen molar-refractivity contribution in [2.45, 2.75) is 19.4 Å². The van der Waals surface area contributed by atoms with E-state index in [0.29, 0.717) is 29.4 Å². The van der Waals surface area contributed by atoms with Crippen LogP contribution in [0.3, 0.4) is 0 Å². The van der Waals surface area contributed by atoms with Gasteiger partial charge in [0, 0.05) is 18.7 Å². The molecule has 0 saturated carbocycles. The van der Waals surface area contributed by atoms with Crippen molar-refractivity contribution in [1.29, 1.82) is 0 Å². The van der Waals surface area contributed by atoms with Gasteiger partial charge in [0.15, 0.2) is 17.3 Å². The Bertz CT molecular complexity index is 1040. The maximum Gasteiger partial charge on any atom is 0.240 e. The Kier molecular flexibility index (Phi) is 4.88. The van der Waals surface area contributed by atoms with Gasteiger partial charge in [0.05, 0.1) is 27.4 Å². The molecule has 0 unspecified atom stereocenters. The Morgan fingerprint density at radius 3 is 2.34 bits per heavy atom. The minimum Gasteiger partial charge on any atom is -0.493 e. The standard InChI is InChI=1S/C22H22N2O5/c1-13(25)24-17(15-10-20(26-2)22(28-4)21(11-15)27-3)12-16(23-24)19-9-14-7-5-6-8-18(14)29-19/h5-11,17H,12H2,1-4H3/t17-/m1/s1. The molecule has 0 fully saturated rings. The minimum absolute atomic E-state index is 0.158. The normalized spacial score (nSPS) is 16.1. The monoisotopic (exact) mass is 394 g/mol. The van der Waals surface area contributed by atoms with Crippen LogP contribution >= 0.6 is 0 Å². The highest BCUT2D eigenvalue weighted by Crippen LogP contribution is 2.43. The van der Waals surface area contributed by atoms with Crippen molar-refractivity contribution in [3.8, 4) is 17.2 Å². The molecule has 7 nitrogen and oxygen atoms in total. The van der Waals surface area contributed by atoms with Gasteiger partial charge in [-0.3, -0.25) is 4.79 Å². The lowest BCUT2D eigenvalue weighted by molar-refractivity contribution is -0.130. The first kappa shape index (κ1) is 18.9. The molecule has 29 heavy (non-hydrogen) atoms. The number of benzene rings is 2. The summed E-state index contributed by atoms with van der Waals surface area (Å²) in [6.07, 6.45) is 0.512. The number of hydrogen-bond donors (Lipinski definition) is 0. The first-order chi connectivity index (χ1) is 14.0. The molecular weight excluding hydrogens is 372 g/mol. The first-order valence-corrected chi connectivity index (χ1v) is 9.21. The fourth-order valence-corrected chi connectivity index (χ4v) is 3.63. The van der Waals surface area contributed by atoms with E-state index in [1.54, 1.807) is 21.3 Å². The molecule has 2 heterocycles. The van der Waals surface area contributed by atoms with Crippen LogP contribution in [0.1, 0.15) is 30.7 Å². The summed E-state index contributed by atoms with van der Waals surface area (Å²) >= 11 is 0. The quantitative estimate of drug-likeness (QED) is 0.650. The first-order valence-electron chi connectivity index (χ1n) is 9.21. The number of hydrazone groups is 1. The Morgan fingerprint density at radius 2 is 1.76 bits per heavy atom. The minimum atomic E-state index is -0.301. The molecule has 0 radical (unpaired) electrons. The van der Waals surface area contributed by atoms with Crippen molar-refractivity contribution in [1.82, 2.24) is 5.01 Å². The zero-order valence-electron chi connectivity index (χ0n) is 16.8. The van der Waals surface area contributed by atoms with Crippen molar-refractivity contribution < 1.29 is 23.4 Å². The fourth-order valence-electron chi connectivity index (χ4n) is 3.63. The lowest BCUT2D eigenvalue weighted by Crippen LogP contribution is -2.24. The second-order valence-corrected chi connectivity index (χ2v) is 6.74. The second-order valence-electron chi connectivity index (χ2n) is 6.74. The van der Waals surface area contributed by atoms with Crippen LogP contribution in [0.2, 0.25) is 0 Å². The SMILES string of the molecule is COc1cc([C@H]2CC(c3cc4ccccc4o3)=NN2C(C)=O)cc(OC)c1OC. The molecule has 2 aromatic carbocycles. The molecule has 0 spiro atoms. The summed E-state index contributed by atoms with van der Waals surface area (Å²) in [5.41, 5.74) is 2.34. The summed E-state index contributed by atoms with van der Waals surface area (Å²) in [7, 11) is 4.68. The molecular formula is C22H22N2O5. The number of para-hydroxylation sites is 1. The van der Waals surface area contributed by atoms with E-state index in [0.717, 1.165) is 22.2 Å². The van der Waals surface area contributed by atoms with Crippen LogP contribution in [-0.4, -0.2) is 38.0 Å². The molecule has 0 bridgehead atoms. The third-order valence-electron chi connectivity index (χ3n) is 5.01. The molecule has 4 rings (SSSR count). The molecule has 1 aromatic heterocycles. The molecule has 1 aliphatic rings. The maximum atomic E-state index is 12.3. The lowest BCUT2D eigenvalue weighted by Gasteiger charge is -2.22. The van der Waals surface area contributed by atoms with Gasteiger partial charge in [0.1, 0.15) is 11.3 Å². The number of ether oxygens (including phenoxy) is 3. The molecule has 1 amide bonds. The third-order valence-corrected chi connectivity index (χ3v) is 5.01. The van der Waals surface area contributed by atoms with E-state index in [1.165, 1.54) is 11.9 Å². The van der Waals surface area contributed by atoms with Crippen molar-refractivity contribution in [3.63, 3.8) is 0 Å². The van der Waals surface area contributed by atoms with Gasteiger partial charge in [-0.2, -0.15) is 5.10 Å². The van der Waals surface area contributed by atoms with Crippen LogP contribution < -0.4 is 14.2 Å². The zero-order valence-corrected chi connectivity index (χ0v) is 16.8. The molecule has 3 aromatic rings. The highest BCUT2D eigenvalue weighted by molar-refractivity contribution is 6.03. The van der Waals surface area contributed by atoms with Crippen molar-refractivity contribution in [2.24, 2.45) is 5.10 Å². The summed E-state index contributed by atoms with van der Waals surface area (Å²) in [5, 5.41) is 7.03. The second kappa shape index (κ2) is 7.50. The van der Waals surface area contributed by atoms with Crippen LogP contribution in [0.5, 0.6) is 17.2 Å². The highest BCUT2D eigenvalue weighted by atomic mass is 16.5. The highest BCUT2D eigenvalue weighted by Gasteiger charge is 2.34. The van der Waals surface area contributed by atoms with Gasteiger partial charge in [-0.1, -0.05) is 18.2 Å². The van der Waals surface area contributed by atoms with E-state index in [4.69, 9.17) is 18.6 Å². The number of carbonyl (C=O) groups excluding carboxylic acids is 1. The predicted molar refractivity (Wildman–Crippen MR) is 109 cm³/mol. The molecule has 0 saturated heterocycles. The predicted octanol–water partition coefficient (Wildman–Crippen LogP) is 4.16. The number of methoxy groups -OCH3 is 3. The topological polar surface area (TPSA) is 73.5 Å². The number of carbonyl (C=O) groups is 1. The van der Waals surface area contributed by atoms with Crippen molar-refractivity contribution >= 4 is 22.6 Å². The Labute approximate surface area is 168 Å². The molecule has 1 atom stereocenters. The maximum absolute atomic E-state index is 12.3. The van der Waals surface area contributed by atoms with Crippen LogP contribution in [0.15, 0.2) is 52.0 Å². The van der Waals surface area contributed by atoms with Gasteiger partial charge in [0.2, 0.25) is 11.7 Å². The smallest absolute Gasteiger partial charge is 0.240 e.